The summed E-state index contributed by atoms with van der Waals surface area (Å²) < 4.78 is 2.15. The van der Waals surface area contributed by atoms with Crippen LogP contribution in [0.25, 0.3) is 23.3 Å². The highest BCUT2D eigenvalue weighted by Gasteiger charge is 2.15. The summed E-state index contributed by atoms with van der Waals surface area (Å²) in [5.74, 6) is 1.64. The van der Waals surface area contributed by atoms with Gasteiger partial charge < -0.3 is 14.8 Å². The molecule has 0 aliphatic carbocycles. The van der Waals surface area contributed by atoms with E-state index >= 15 is 0 Å². The molecular weight excluding hydrogens is 396 g/mol. The first-order valence-electron chi connectivity index (χ1n) is 11.2. The molecule has 0 unspecified atom stereocenters. The number of fused-ring (bicyclic) bond motifs is 1. The normalized spacial score (nSPS) is 11.6. The number of likely N-dealkylation sites (N-methyl/N-ethyl adjacent to an activating group) is 1. The van der Waals surface area contributed by atoms with Crippen LogP contribution in [-0.4, -0.2) is 50.6 Å². The van der Waals surface area contributed by atoms with Gasteiger partial charge in [-0.1, -0.05) is 80.6 Å². The van der Waals surface area contributed by atoms with Crippen molar-refractivity contribution in [2.75, 3.05) is 31.5 Å². The summed E-state index contributed by atoms with van der Waals surface area (Å²) in [5, 5.41) is 3.47. The standard InChI is InChI=1S/C26H30N6/c1-3-31(4-2)18-17-27-25-24-26(29-20-28-25)32(19-22-13-9-6-10-14-22)23(30-24)16-15-21-11-7-5-8-12-21/h5-16,20H,3-4,17-19H2,1-2H3,(H,27,28,29)/b16-15+. The lowest BCUT2D eigenvalue weighted by atomic mass is 10.2. The first-order valence-corrected chi connectivity index (χ1v) is 11.2. The van der Waals surface area contributed by atoms with E-state index in [9.17, 15) is 0 Å². The molecule has 0 bridgehead atoms. The monoisotopic (exact) mass is 426 g/mol. The average Bonchev–Trinajstić information content (AvgIpc) is 3.20. The molecule has 2 heterocycles. The van der Waals surface area contributed by atoms with Crippen LogP contribution >= 0.6 is 0 Å². The van der Waals surface area contributed by atoms with Crippen LogP contribution < -0.4 is 5.32 Å². The maximum atomic E-state index is 4.94. The Bertz CT molecular complexity index is 1150. The van der Waals surface area contributed by atoms with E-state index in [4.69, 9.17) is 4.98 Å². The molecule has 0 fully saturated rings. The van der Waals surface area contributed by atoms with Crippen molar-refractivity contribution in [2.24, 2.45) is 0 Å². The lowest BCUT2D eigenvalue weighted by Crippen LogP contribution is -2.28. The summed E-state index contributed by atoms with van der Waals surface area (Å²) in [6.07, 6.45) is 5.76. The Kier molecular flexibility index (Phi) is 7.25. The Morgan fingerprint density at radius 3 is 2.34 bits per heavy atom. The minimum absolute atomic E-state index is 0.696. The van der Waals surface area contributed by atoms with Gasteiger partial charge in [0.05, 0.1) is 6.54 Å². The van der Waals surface area contributed by atoms with Gasteiger partial charge in [0.1, 0.15) is 12.2 Å². The average molecular weight is 427 g/mol. The molecular formula is C26H30N6. The molecule has 4 aromatic rings. The fourth-order valence-corrected chi connectivity index (χ4v) is 3.74. The molecule has 0 radical (unpaired) electrons. The van der Waals surface area contributed by atoms with Gasteiger partial charge in [-0.3, -0.25) is 0 Å². The first kappa shape index (κ1) is 21.7. The summed E-state index contributed by atoms with van der Waals surface area (Å²) in [6, 6.07) is 20.7. The van der Waals surface area contributed by atoms with Crippen molar-refractivity contribution in [2.45, 2.75) is 20.4 Å². The molecule has 1 N–H and O–H groups in total. The Hall–Kier alpha value is -3.51. The second-order valence-electron chi connectivity index (χ2n) is 7.63. The largest absolute Gasteiger partial charge is 0.367 e. The number of hydrogen-bond donors (Lipinski definition) is 1. The van der Waals surface area contributed by atoms with E-state index in [1.165, 1.54) is 5.56 Å². The van der Waals surface area contributed by atoms with Gasteiger partial charge in [0.25, 0.3) is 0 Å². The first-order chi connectivity index (χ1) is 15.8. The second kappa shape index (κ2) is 10.7. The van der Waals surface area contributed by atoms with Gasteiger partial charge in [-0.15, -0.1) is 0 Å². The van der Waals surface area contributed by atoms with E-state index in [1.54, 1.807) is 6.33 Å². The number of aromatic nitrogens is 4. The number of imidazole rings is 1. The van der Waals surface area contributed by atoms with E-state index in [2.05, 4.69) is 87.1 Å². The molecule has 0 saturated heterocycles. The quantitative estimate of drug-likeness (QED) is 0.395. The third kappa shape index (κ3) is 5.21. The van der Waals surface area contributed by atoms with Crippen LogP contribution in [0, 0.1) is 0 Å². The maximum Gasteiger partial charge on any atom is 0.166 e. The highest BCUT2D eigenvalue weighted by Crippen LogP contribution is 2.23. The van der Waals surface area contributed by atoms with Crippen molar-refractivity contribution < 1.29 is 0 Å². The molecule has 164 valence electrons. The number of rotatable bonds is 10. The summed E-state index contributed by atoms with van der Waals surface area (Å²) >= 11 is 0. The Morgan fingerprint density at radius 2 is 1.62 bits per heavy atom. The highest BCUT2D eigenvalue weighted by molar-refractivity contribution is 5.85. The Labute approximate surface area is 189 Å². The fourth-order valence-electron chi connectivity index (χ4n) is 3.74. The van der Waals surface area contributed by atoms with Crippen LogP contribution in [0.5, 0.6) is 0 Å². The van der Waals surface area contributed by atoms with Crippen LogP contribution in [0.4, 0.5) is 5.82 Å². The van der Waals surface area contributed by atoms with E-state index in [1.807, 2.05) is 24.3 Å². The van der Waals surface area contributed by atoms with Gasteiger partial charge in [0.15, 0.2) is 17.0 Å². The summed E-state index contributed by atoms with van der Waals surface area (Å²) in [5.41, 5.74) is 3.97. The molecule has 0 spiro atoms. The van der Waals surface area contributed by atoms with Gasteiger partial charge in [0, 0.05) is 13.1 Å². The predicted molar refractivity (Wildman–Crippen MR) is 133 cm³/mol. The molecule has 4 rings (SSSR count). The molecule has 0 saturated carbocycles. The molecule has 6 heteroatoms. The van der Waals surface area contributed by atoms with Crippen molar-refractivity contribution in [1.82, 2.24) is 24.4 Å². The zero-order valence-electron chi connectivity index (χ0n) is 18.8. The van der Waals surface area contributed by atoms with Crippen LogP contribution in [0.1, 0.15) is 30.8 Å². The van der Waals surface area contributed by atoms with E-state index in [0.717, 1.165) is 54.5 Å². The van der Waals surface area contributed by atoms with E-state index in [0.29, 0.717) is 6.54 Å². The third-order valence-electron chi connectivity index (χ3n) is 5.58. The molecule has 0 aliphatic heterocycles. The van der Waals surface area contributed by atoms with E-state index in [-0.39, 0.29) is 0 Å². The molecule has 32 heavy (non-hydrogen) atoms. The van der Waals surface area contributed by atoms with Crippen molar-refractivity contribution in [3.63, 3.8) is 0 Å². The number of hydrogen-bond acceptors (Lipinski definition) is 5. The highest BCUT2D eigenvalue weighted by atomic mass is 15.2. The van der Waals surface area contributed by atoms with Gasteiger partial charge >= 0.3 is 0 Å². The minimum Gasteiger partial charge on any atom is -0.367 e. The smallest absolute Gasteiger partial charge is 0.166 e. The zero-order valence-corrected chi connectivity index (χ0v) is 18.8. The summed E-state index contributed by atoms with van der Waals surface area (Å²) in [7, 11) is 0. The summed E-state index contributed by atoms with van der Waals surface area (Å²) in [6.45, 7) is 8.92. The lowest BCUT2D eigenvalue weighted by Gasteiger charge is -2.18. The number of nitrogens with zero attached hydrogens (tertiary/aromatic N) is 5. The predicted octanol–water partition coefficient (Wildman–Crippen LogP) is 4.80. The molecule has 2 aromatic carbocycles. The third-order valence-corrected chi connectivity index (χ3v) is 5.58. The molecule has 2 aromatic heterocycles. The van der Waals surface area contributed by atoms with Crippen LogP contribution in [0.3, 0.4) is 0 Å². The van der Waals surface area contributed by atoms with Gasteiger partial charge in [-0.25, -0.2) is 15.0 Å². The van der Waals surface area contributed by atoms with E-state index < -0.39 is 0 Å². The van der Waals surface area contributed by atoms with Gasteiger partial charge in [-0.05, 0) is 30.3 Å². The zero-order chi connectivity index (χ0) is 22.2. The topological polar surface area (TPSA) is 58.9 Å². The Morgan fingerprint density at radius 1 is 0.906 bits per heavy atom. The second-order valence-corrected chi connectivity index (χ2v) is 7.63. The summed E-state index contributed by atoms with van der Waals surface area (Å²) in [4.78, 5) is 16.4. The minimum atomic E-state index is 0.696. The van der Waals surface area contributed by atoms with Gasteiger partial charge in [-0.2, -0.15) is 0 Å². The van der Waals surface area contributed by atoms with Crippen molar-refractivity contribution >= 4 is 29.1 Å². The number of anilines is 1. The number of benzene rings is 2. The molecule has 0 aliphatic rings. The van der Waals surface area contributed by atoms with Crippen molar-refractivity contribution in [3.05, 3.63) is 83.9 Å². The Balaban J connectivity index is 1.68. The molecule has 0 atom stereocenters. The van der Waals surface area contributed by atoms with Crippen LogP contribution in [-0.2, 0) is 6.54 Å². The molecule has 6 nitrogen and oxygen atoms in total. The number of nitrogens with one attached hydrogen (secondary N) is 1. The van der Waals surface area contributed by atoms with Gasteiger partial charge in [0.2, 0.25) is 0 Å². The lowest BCUT2D eigenvalue weighted by molar-refractivity contribution is 0.316. The van der Waals surface area contributed by atoms with Crippen LogP contribution in [0.15, 0.2) is 67.0 Å². The molecule has 0 amide bonds. The maximum absolute atomic E-state index is 4.94. The van der Waals surface area contributed by atoms with Crippen LogP contribution in [0.2, 0.25) is 0 Å². The van der Waals surface area contributed by atoms with Crippen molar-refractivity contribution in [3.8, 4) is 0 Å². The van der Waals surface area contributed by atoms with Crippen molar-refractivity contribution in [1.29, 1.82) is 0 Å². The SMILES string of the molecule is CCN(CC)CCNc1ncnc2c1nc(/C=C/c1ccccc1)n2Cc1ccccc1. The fraction of sp³-hybridized carbons (Fsp3) is 0.269.